The summed E-state index contributed by atoms with van der Waals surface area (Å²) in [6.45, 7) is 8.02. The molecule has 1 N–H and O–H groups in total. The normalized spacial score (nSPS) is 24.2. The van der Waals surface area contributed by atoms with Crippen molar-refractivity contribution >= 4 is 11.9 Å². The molecule has 2 aliphatic heterocycles. The summed E-state index contributed by atoms with van der Waals surface area (Å²) >= 11 is 0. The number of hydrogen-bond acceptors (Lipinski definition) is 2. The first-order valence-corrected chi connectivity index (χ1v) is 10.0. The number of hydrogen-bond donors (Lipinski definition) is 1. The van der Waals surface area contributed by atoms with Crippen molar-refractivity contribution in [2.45, 2.75) is 64.7 Å². The molecule has 1 saturated carbocycles. The minimum absolute atomic E-state index is 0.342. The molecule has 3 rings (SSSR count). The molecule has 2 heterocycles. The van der Waals surface area contributed by atoms with Crippen molar-refractivity contribution in [3.8, 4) is 0 Å². The van der Waals surface area contributed by atoms with Gasteiger partial charge in [0.15, 0.2) is 5.96 Å². The Morgan fingerprint density at radius 1 is 1.17 bits per heavy atom. The van der Waals surface area contributed by atoms with E-state index in [1.165, 1.54) is 38.6 Å². The molecule has 1 spiro atoms. The Hall–Kier alpha value is -1.26. The molecule has 0 atom stereocenters. The van der Waals surface area contributed by atoms with Gasteiger partial charge in [0.05, 0.1) is 0 Å². The van der Waals surface area contributed by atoms with Gasteiger partial charge in [-0.15, -0.1) is 0 Å². The van der Waals surface area contributed by atoms with Gasteiger partial charge in [-0.2, -0.15) is 0 Å². The first-order chi connectivity index (χ1) is 11.7. The topological polar surface area (TPSA) is 47.9 Å². The van der Waals surface area contributed by atoms with Gasteiger partial charge in [0.2, 0.25) is 5.91 Å². The first-order valence-electron chi connectivity index (χ1n) is 10.0. The molecule has 0 aromatic carbocycles. The summed E-state index contributed by atoms with van der Waals surface area (Å²) in [6.07, 6.45) is 10.7. The number of amides is 1. The number of carbonyl (C=O) groups is 1. The van der Waals surface area contributed by atoms with Crippen LogP contribution < -0.4 is 5.32 Å². The highest BCUT2D eigenvalue weighted by molar-refractivity contribution is 5.80. The summed E-state index contributed by atoms with van der Waals surface area (Å²) in [5, 5.41) is 3.46. The van der Waals surface area contributed by atoms with Gasteiger partial charge in [-0.25, -0.2) is 0 Å². The van der Waals surface area contributed by atoms with Crippen molar-refractivity contribution in [1.29, 1.82) is 0 Å². The maximum atomic E-state index is 12.0. The molecule has 3 fully saturated rings. The molecule has 5 nitrogen and oxygen atoms in total. The molecule has 5 heteroatoms. The number of carbonyl (C=O) groups excluding carboxylic acids is 1. The molecule has 0 radical (unpaired) electrons. The number of rotatable bonds is 5. The molecule has 0 aromatic heterocycles. The fourth-order valence-electron chi connectivity index (χ4n) is 4.35. The standard InChI is InChI=1S/C19H34N4O/c1-2-20-18(23-15-11-19(16-23)9-6-10-19)21-12-7-14-22-13-5-3-4-8-17(22)24/h2-16H2,1H3,(H,20,21). The Morgan fingerprint density at radius 2 is 2.04 bits per heavy atom. The number of nitrogens with one attached hydrogen (secondary N) is 1. The number of likely N-dealkylation sites (tertiary alicyclic amines) is 2. The first kappa shape index (κ1) is 17.6. The summed E-state index contributed by atoms with van der Waals surface area (Å²) < 4.78 is 0. The molecular weight excluding hydrogens is 300 g/mol. The molecule has 1 amide bonds. The van der Waals surface area contributed by atoms with E-state index in [1.807, 2.05) is 0 Å². The third kappa shape index (κ3) is 4.22. The Kier molecular flexibility index (Phi) is 6.01. The lowest BCUT2D eigenvalue weighted by Crippen LogP contribution is -2.42. The number of guanidine groups is 1. The number of aliphatic imine (C=N–C) groups is 1. The van der Waals surface area contributed by atoms with E-state index >= 15 is 0 Å². The van der Waals surface area contributed by atoms with Crippen molar-refractivity contribution in [1.82, 2.24) is 15.1 Å². The van der Waals surface area contributed by atoms with E-state index in [-0.39, 0.29) is 0 Å². The molecule has 0 bridgehead atoms. The van der Waals surface area contributed by atoms with E-state index in [9.17, 15) is 4.79 Å². The molecule has 0 aromatic rings. The van der Waals surface area contributed by atoms with Crippen molar-refractivity contribution in [2.24, 2.45) is 10.4 Å². The SMILES string of the molecule is CCNC(=NCCCN1CCCCCC1=O)N1CCC2(CCC2)C1. The van der Waals surface area contributed by atoms with Gasteiger partial charge >= 0.3 is 0 Å². The Morgan fingerprint density at radius 3 is 2.75 bits per heavy atom. The second kappa shape index (κ2) is 8.21. The van der Waals surface area contributed by atoms with Crippen molar-refractivity contribution in [2.75, 3.05) is 39.3 Å². The summed E-state index contributed by atoms with van der Waals surface area (Å²) in [6, 6.07) is 0. The average Bonchev–Trinajstić information content (AvgIpc) is 2.91. The minimum Gasteiger partial charge on any atom is -0.357 e. The Bertz CT molecular complexity index is 458. The predicted octanol–water partition coefficient (Wildman–Crippen LogP) is 2.62. The van der Waals surface area contributed by atoms with Gasteiger partial charge in [-0.3, -0.25) is 9.79 Å². The second-order valence-electron chi connectivity index (χ2n) is 7.81. The molecule has 136 valence electrons. The van der Waals surface area contributed by atoms with Gasteiger partial charge < -0.3 is 15.1 Å². The van der Waals surface area contributed by atoms with E-state index < -0.39 is 0 Å². The van der Waals surface area contributed by atoms with E-state index in [1.54, 1.807) is 0 Å². The molecule has 3 aliphatic rings. The molecular formula is C19H34N4O. The average molecular weight is 335 g/mol. The van der Waals surface area contributed by atoms with Crippen LogP contribution in [-0.2, 0) is 4.79 Å². The van der Waals surface area contributed by atoms with Crippen LogP contribution in [0.4, 0.5) is 0 Å². The van der Waals surface area contributed by atoms with Crippen LogP contribution in [0.15, 0.2) is 4.99 Å². The van der Waals surface area contributed by atoms with Crippen LogP contribution in [0.3, 0.4) is 0 Å². The predicted molar refractivity (Wildman–Crippen MR) is 98.1 cm³/mol. The van der Waals surface area contributed by atoms with Crippen LogP contribution in [0.5, 0.6) is 0 Å². The number of nitrogens with zero attached hydrogens (tertiary/aromatic N) is 3. The third-order valence-corrected chi connectivity index (χ3v) is 6.01. The summed E-state index contributed by atoms with van der Waals surface area (Å²) in [4.78, 5) is 21.4. The van der Waals surface area contributed by atoms with Crippen LogP contribution in [0, 0.1) is 5.41 Å². The highest BCUT2D eigenvalue weighted by atomic mass is 16.2. The molecule has 24 heavy (non-hydrogen) atoms. The van der Waals surface area contributed by atoms with Crippen LogP contribution in [0.25, 0.3) is 0 Å². The summed E-state index contributed by atoms with van der Waals surface area (Å²) in [5.41, 5.74) is 0.606. The molecule has 0 unspecified atom stereocenters. The van der Waals surface area contributed by atoms with E-state index in [4.69, 9.17) is 4.99 Å². The molecule has 1 aliphatic carbocycles. The lowest BCUT2D eigenvalue weighted by Gasteiger charge is -2.38. The van der Waals surface area contributed by atoms with Gasteiger partial charge in [0.1, 0.15) is 0 Å². The highest BCUT2D eigenvalue weighted by Gasteiger charge is 2.43. The molecule has 2 saturated heterocycles. The van der Waals surface area contributed by atoms with Crippen LogP contribution in [0.2, 0.25) is 0 Å². The van der Waals surface area contributed by atoms with Crippen molar-refractivity contribution < 1.29 is 4.79 Å². The zero-order valence-corrected chi connectivity index (χ0v) is 15.4. The lowest BCUT2D eigenvalue weighted by molar-refractivity contribution is -0.130. The van der Waals surface area contributed by atoms with Crippen LogP contribution in [0.1, 0.15) is 64.7 Å². The van der Waals surface area contributed by atoms with Gasteiger partial charge in [0.25, 0.3) is 0 Å². The van der Waals surface area contributed by atoms with E-state index in [0.29, 0.717) is 11.3 Å². The van der Waals surface area contributed by atoms with Gasteiger partial charge in [-0.05, 0) is 50.9 Å². The minimum atomic E-state index is 0.342. The third-order valence-electron chi connectivity index (χ3n) is 6.01. The smallest absolute Gasteiger partial charge is 0.222 e. The van der Waals surface area contributed by atoms with E-state index in [0.717, 1.165) is 64.4 Å². The Balaban J connectivity index is 1.46. The zero-order chi connectivity index (χ0) is 16.8. The quantitative estimate of drug-likeness (QED) is 0.478. The largest absolute Gasteiger partial charge is 0.357 e. The summed E-state index contributed by atoms with van der Waals surface area (Å²) in [7, 11) is 0. The van der Waals surface area contributed by atoms with Crippen molar-refractivity contribution in [3.05, 3.63) is 0 Å². The maximum absolute atomic E-state index is 12.0. The Labute approximate surface area is 146 Å². The highest BCUT2D eigenvalue weighted by Crippen LogP contribution is 2.47. The van der Waals surface area contributed by atoms with Crippen LogP contribution in [-0.4, -0.2) is 60.9 Å². The fourth-order valence-corrected chi connectivity index (χ4v) is 4.35. The van der Waals surface area contributed by atoms with Crippen molar-refractivity contribution in [3.63, 3.8) is 0 Å². The summed E-state index contributed by atoms with van der Waals surface area (Å²) in [5.74, 6) is 1.43. The van der Waals surface area contributed by atoms with E-state index in [2.05, 4.69) is 22.0 Å². The maximum Gasteiger partial charge on any atom is 0.222 e. The second-order valence-corrected chi connectivity index (χ2v) is 7.81. The monoisotopic (exact) mass is 334 g/mol. The zero-order valence-electron chi connectivity index (χ0n) is 15.4. The van der Waals surface area contributed by atoms with Gasteiger partial charge in [0, 0.05) is 45.7 Å². The van der Waals surface area contributed by atoms with Crippen LogP contribution >= 0.6 is 0 Å². The fraction of sp³-hybridized carbons (Fsp3) is 0.895. The van der Waals surface area contributed by atoms with Gasteiger partial charge in [-0.1, -0.05) is 12.8 Å². The lowest BCUT2D eigenvalue weighted by atomic mass is 9.68.